The van der Waals surface area contributed by atoms with Gasteiger partial charge in [0.2, 0.25) is 15.9 Å². The van der Waals surface area contributed by atoms with Gasteiger partial charge in [-0.25, -0.2) is 8.42 Å². The van der Waals surface area contributed by atoms with Crippen LogP contribution in [-0.4, -0.2) is 26.9 Å². The molecular weight excluding hydrogens is 360 g/mol. The molecule has 1 amide bonds. The van der Waals surface area contributed by atoms with Gasteiger partial charge in [0.1, 0.15) is 6.04 Å². The standard InChI is InChI=1S/C18H21ClN2O3S/c1-2-12-20-18(22)17(13-14-6-4-3-5-7-14)21-25(23,24)16-10-8-15(19)9-11-16/h3-11,17,21H,2,12-13H2,1H3,(H,20,22)/t17-/m0/s1. The van der Waals surface area contributed by atoms with Gasteiger partial charge in [-0.05, 0) is 42.7 Å². The predicted molar refractivity (Wildman–Crippen MR) is 99.0 cm³/mol. The van der Waals surface area contributed by atoms with Gasteiger partial charge in [-0.15, -0.1) is 0 Å². The van der Waals surface area contributed by atoms with Crippen LogP contribution in [0, 0.1) is 0 Å². The van der Waals surface area contributed by atoms with E-state index in [0.717, 1.165) is 12.0 Å². The minimum Gasteiger partial charge on any atom is -0.355 e. The molecule has 0 unspecified atom stereocenters. The molecule has 25 heavy (non-hydrogen) atoms. The molecule has 2 rings (SSSR count). The maximum atomic E-state index is 12.6. The number of hydrogen-bond acceptors (Lipinski definition) is 3. The minimum absolute atomic E-state index is 0.0678. The van der Waals surface area contributed by atoms with E-state index in [1.54, 1.807) is 0 Å². The van der Waals surface area contributed by atoms with E-state index in [4.69, 9.17) is 11.6 Å². The summed E-state index contributed by atoms with van der Waals surface area (Å²) in [5, 5.41) is 3.19. The molecule has 2 N–H and O–H groups in total. The second kappa shape index (κ2) is 8.99. The highest BCUT2D eigenvalue weighted by atomic mass is 35.5. The number of benzene rings is 2. The van der Waals surface area contributed by atoms with Crippen molar-refractivity contribution in [3.63, 3.8) is 0 Å². The highest BCUT2D eigenvalue weighted by molar-refractivity contribution is 7.89. The van der Waals surface area contributed by atoms with Crippen molar-refractivity contribution in [2.24, 2.45) is 0 Å². The summed E-state index contributed by atoms with van der Waals surface area (Å²) in [4.78, 5) is 12.5. The highest BCUT2D eigenvalue weighted by Gasteiger charge is 2.25. The third-order valence-electron chi connectivity index (χ3n) is 3.57. The quantitative estimate of drug-likeness (QED) is 0.739. The Bertz CT molecular complexity index is 793. The van der Waals surface area contributed by atoms with Gasteiger partial charge in [0.05, 0.1) is 4.90 Å². The third-order valence-corrected chi connectivity index (χ3v) is 5.31. The molecule has 0 aliphatic rings. The predicted octanol–water partition coefficient (Wildman–Crippen LogP) is 2.76. The molecule has 134 valence electrons. The molecular formula is C18H21ClN2O3S. The molecule has 7 heteroatoms. The summed E-state index contributed by atoms with van der Waals surface area (Å²) in [7, 11) is -3.84. The van der Waals surface area contributed by atoms with Gasteiger partial charge >= 0.3 is 0 Å². The molecule has 2 aromatic carbocycles. The van der Waals surface area contributed by atoms with Crippen molar-refractivity contribution >= 4 is 27.5 Å². The monoisotopic (exact) mass is 380 g/mol. The SMILES string of the molecule is CCCNC(=O)[C@H](Cc1ccccc1)NS(=O)(=O)c1ccc(Cl)cc1. The van der Waals surface area contributed by atoms with Gasteiger partial charge < -0.3 is 5.32 Å². The Labute approximate surface area is 153 Å². The lowest BCUT2D eigenvalue weighted by Gasteiger charge is -2.18. The molecule has 0 heterocycles. The van der Waals surface area contributed by atoms with Crippen molar-refractivity contribution in [3.05, 3.63) is 65.2 Å². The lowest BCUT2D eigenvalue weighted by Crippen LogP contribution is -2.48. The van der Waals surface area contributed by atoms with Gasteiger partial charge in [0, 0.05) is 11.6 Å². The van der Waals surface area contributed by atoms with Crippen LogP contribution >= 0.6 is 11.6 Å². The first-order valence-electron chi connectivity index (χ1n) is 8.02. The molecule has 0 bridgehead atoms. The molecule has 2 aromatic rings. The number of amides is 1. The van der Waals surface area contributed by atoms with Gasteiger partial charge in [-0.1, -0.05) is 48.9 Å². The Balaban J connectivity index is 2.22. The van der Waals surface area contributed by atoms with Crippen LogP contribution in [0.15, 0.2) is 59.5 Å². The minimum atomic E-state index is -3.84. The lowest BCUT2D eigenvalue weighted by atomic mass is 10.1. The summed E-state index contributed by atoms with van der Waals surface area (Å²) in [5.74, 6) is -0.344. The maximum Gasteiger partial charge on any atom is 0.241 e. The number of nitrogens with one attached hydrogen (secondary N) is 2. The average Bonchev–Trinajstić information content (AvgIpc) is 2.60. The van der Waals surface area contributed by atoms with E-state index in [9.17, 15) is 13.2 Å². The summed E-state index contributed by atoms with van der Waals surface area (Å²) in [6, 6.07) is 14.2. The van der Waals surface area contributed by atoms with E-state index in [2.05, 4.69) is 10.0 Å². The van der Waals surface area contributed by atoms with E-state index in [1.807, 2.05) is 37.3 Å². The Kier molecular flexibility index (Phi) is 6.99. The van der Waals surface area contributed by atoms with Crippen LogP contribution < -0.4 is 10.0 Å². The molecule has 1 atom stereocenters. The van der Waals surface area contributed by atoms with Gasteiger partial charge in [0.15, 0.2) is 0 Å². The number of carbonyl (C=O) groups is 1. The van der Waals surface area contributed by atoms with Crippen molar-refractivity contribution in [2.45, 2.75) is 30.7 Å². The number of sulfonamides is 1. The summed E-state index contributed by atoms with van der Waals surface area (Å²) < 4.78 is 27.7. The van der Waals surface area contributed by atoms with Gasteiger partial charge in [0.25, 0.3) is 0 Å². The maximum absolute atomic E-state index is 12.6. The first-order valence-corrected chi connectivity index (χ1v) is 9.88. The fraction of sp³-hybridized carbons (Fsp3) is 0.278. The van der Waals surface area contributed by atoms with Crippen molar-refractivity contribution in [1.29, 1.82) is 0 Å². The molecule has 0 saturated heterocycles. The van der Waals surface area contributed by atoms with Crippen LogP contribution in [0.3, 0.4) is 0 Å². The van der Waals surface area contributed by atoms with Crippen molar-refractivity contribution in [1.82, 2.24) is 10.0 Å². The van der Waals surface area contributed by atoms with E-state index in [-0.39, 0.29) is 17.2 Å². The number of halogens is 1. The smallest absolute Gasteiger partial charge is 0.241 e. The third kappa shape index (κ3) is 5.85. The molecule has 0 aromatic heterocycles. The fourth-order valence-electron chi connectivity index (χ4n) is 2.28. The Morgan fingerprint density at radius 1 is 1.08 bits per heavy atom. The van der Waals surface area contributed by atoms with Crippen molar-refractivity contribution in [2.75, 3.05) is 6.54 Å². The zero-order valence-corrected chi connectivity index (χ0v) is 15.5. The van der Waals surface area contributed by atoms with Gasteiger partial charge in [-0.3, -0.25) is 4.79 Å². The Morgan fingerprint density at radius 2 is 1.72 bits per heavy atom. The molecule has 5 nitrogen and oxygen atoms in total. The van der Waals surface area contributed by atoms with E-state index < -0.39 is 16.1 Å². The second-order valence-corrected chi connectivity index (χ2v) is 7.76. The topological polar surface area (TPSA) is 75.3 Å². The number of carbonyl (C=O) groups excluding carboxylic acids is 1. The van der Waals surface area contributed by atoms with Crippen LogP contribution in [0.25, 0.3) is 0 Å². The van der Waals surface area contributed by atoms with Crippen LogP contribution in [-0.2, 0) is 21.2 Å². The average molecular weight is 381 g/mol. The summed E-state index contributed by atoms with van der Waals surface area (Å²) in [5.41, 5.74) is 0.873. The zero-order valence-electron chi connectivity index (χ0n) is 13.9. The number of hydrogen-bond donors (Lipinski definition) is 2. The van der Waals surface area contributed by atoms with Crippen LogP contribution in [0.4, 0.5) is 0 Å². The molecule has 0 fully saturated rings. The first-order chi connectivity index (χ1) is 11.9. The number of rotatable bonds is 8. The van der Waals surface area contributed by atoms with Gasteiger partial charge in [-0.2, -0.15) is 4.72 Å². The summed E-state index contributed by atoms with van der Waals surface area (Å²) in [6.45, 7) is 2.43. The Morgan fingerprint density at radius 3 is 2.32 bits per heavy atom. The van der Waals surface area contributed by atoms with E-state index >= 15 is 0 Å². The highest BCUT2D eigenvalue weighted by Crippen LogP contribution is 2.15. The van der Waals surface area contributed by atoms with Crippen molar-refractivity contribution in [3.8, 4) is 0 Å². The van der Waals surface area contributed by atoms with Crippen LogP contribution in [0.5, 0.6) is 0 Å². The summed E-state index contributed by atoms with van der Waals surface area (Å²) >= 11 is 5.80. The molecule has 0 aliphatic heterocycles. The fourth-order valence-corrected chi connectivity index (χ4v) is 3.60. The zero-order chi connectivity index (χ0) is 18.3. The molecule has 0 aliphatic carbocycles. The normalized spacial score (nSPS) is 12.6. The van der Waals surface area contributed by atoms with Crippen LogP contribution in [0.1, 0.15) is 18.9 Å². The van der Waals surface area contributed by atoms with E-state index in [0.29, 0.717) is 11.6 Å². The molecule has 0 spiro atoms. The molecule has 0 saturated carbocycles. The summed E-state index contributed by atoms with van der Waals surface area (Å²) in [6.07, 6.45) is 1.04. The Hall–Kier alpha value is -1.89. The lowest BCUT2D eigenvalue weighted by molar-refractivity contribution is -0.122. The van der Waals surface area contributed by atoms with E-state index in [1.165, 1.54) is 24.3 Å². The molecule has 0 radical (unpaired) electrons. The van der Waals surface area contributed by atoms with Crippen LogP contribution in [0.2, 0.25) is 5.02 Å². The first kappa shape index (κ1) is 19.4. The van der Waals surface area contributed by atoms with Crippen molar-refractivity contribution < 1.29 is 13.2 Å². The second-order valence-electron chi connectivity index (χ2n) is 5.61. The largest absolute Gasteiger partial charge is 0.355 e.